The monoisotopic (exact) mass is 443 g/mol. The van der Waals surface area contributed by atoms with Gasteiger partial charge in [0.05, 0.1) is 22.9 Å². The predicted molar refractivity (Wildman–Crippen MR) is 124 cm³/mol. The van der Waals surface area contributed by atoms with Gasteiger partial charge in [-0.2, -0.15) is 0 Å². The fourth-order valence-corrected chi connectivity index (χ4v) is 4.90. The molecule has 2 heterocycles. The third-order valence-corrected chi connectivity index (χ3v) is 6.90. The van der Waals surface area contributed by atoms with Crippen molar-refractivity contribution in [1.82, 2.24) is 9.88 Å². The molecule has 0 spiro atoms. The Bertz CT molecular complexity index is 1050. The van der Waals surface area contributed by atoms with Gasteiger partial charge in [-0.1, -0.05) is 35.1 Å². The van der Waals surface area contributed by atoms with Gasteiger partial charge in [0.2, 0.25) is 0 Å². The van der Waals surface area contributed by atoms with Crippen molar-refractivity contribution in [3.8, 4) is 0 Å². The van der Waals surface area contributed by atoms with E-state index in [0.717, 1.165) is 55.0 Å². The Hall–Kier alpha value is -1.99. The van der Waals surface area contributed by atoms with Crippen LogP contribution in [-0.2, 0) is 4.74 Å². The molecule has 0 aliphatic carbocycles. The summed E-state index contributed by atoms with van der Waals surface area (Å²) in [4.78, 5) is 22.4. The summed E-state index contributed by atoms with van der Waals surface area (Å²) < 4.78 is 6.42. The van der Waals surface area contributed by atoms with Gasteiger partial charge in [0, 0.05) is 31.7 Å². The van der Waals surface area contributed by atoms with Crippen molar-refractivity contribution in [2.45, 2.75) is 20.3 Å². The van der Waals surface area contributed by atoms with E-state index in [9.17, 15) is 4.79 Å². The van der Waals surface area contributed by atoms with Crippen LogP contribution < -0.4 is 4.90 Å². The number of ether oxygens (including phenoxy) is 1. The van der Waals surface area contributed by atoms with Gasteiger partial charge in [-0.3, -0.25) is 14.6 Å². The number of carbonyl (C=O) groups is 1. The van der Waals surface area contributed by atoms with E-state index >= 15 is 0 Å². The zero-order chi connectivity index (χ0) is 21.1. The first-order valence-corrected chi connectivity index (χ1v) is 11.5. The van der Waals surface area contributed by atoms with E-state index in [2.05, 4.69) is 11.8 Å². The van der Waals surface area contributed by atoms with Crippen LogP contribution in [0.5, 0.6) is 0 Å². The number of rotatable bonds is 6. The maximum Gasteiger partial charge on any atom is 0.260 e. The molecule has 0 unspecified atom stereocenters. The second-order valence-electron chi connectivity index (χ2n) is 7.65. The molecule has 158 valence electrons. The first-order chi connectivity index (χ1) is 14.5. The zero-order valence-electron chi connectivity index (χ0n) is 17.4. The van der Waals surface area contributed by atoms with Crippen molar-refractivity contribution in [3.05, 3.63) is 58.1 Å². The van der Waals surface area contributed by atoms with Crippen LogP contribution in [0.15, 0.2) is 36.4 Å². The molecule has 7 heteroatoms. The third kappa shape index (κ3) is 4.67. The number of aryl methyl sites for hydroxylation is 2. The number of fused-ring (bicyclic) bond motifs is 1. The van der Waals surface area contributed by atoms with Crippen LogP contribution in [0.1, 0.15) is 27.9 Å². The Morgan fingerprint density at radius 1 is 1.20 bits per heavy atom. The lowest BCUT2D eigenvalue weighted by Gasteiger charge is -2.27. The van der Waals surface area contributed by atoms with Crippen LogP contribution >= 0.6 is 22.9 Å². The van der Waals surface area contributed by atoms with E-state index in [4.69, 9.17) is 21.3 Å². The molecular formula is C23H26ClN3O2S. The van der Waals surface area contributed by atoms with Crippen molar-refractivity contribution in [2.24, 2.45) is 0 Å². The molecule has 1 amide bonds. The molecule has 30 heavy (non-hydrogen) atoms. The fourth-order valence-electron chi connectivity index (χ4n) is 3.61. The molecule has 1 aliphatic heterocycles. The SMILES string of the molecule is Cc1ccc(C(=O)N(CCCN2CCOCC2)c2nc3c(Cl)cccc3s2)cc1C. The Labute approximate surface area is 186 Å². The average Bonchev–Trinajstić information content (AvgIpc) is 3.19. The highest BCUT2D eigenvalue weighted by atomic mass is 35.5. The summed E-state index contributed by atoms with van der Waals surface area (Å²) in [7, 11) is 0. The van der Waals surface area contributed by atoms with E-state index in [1.807, 2.05) is 48.2 Å². The fraction of sp³-hybridized carbons (Fsp3) is 0.391. The third-order valence-electron chi connectivity index (χ3n) is 5.55. The van der Waals surface area contributed by atoms with Crippen LogP contribution in [0.2, 0.25) is 5.02 Å². The molecule has 0 radical (unpaired) electrons. The summed E-state index contributed by atoms with van der Waals surface area (Å²) in [5.41, 5.74) is 3.73. The van der Waals surface area contributed by atoms with Gasteiger partial charge >= 0.3 is 0 Å². The first kappa shape index (κ1) is 21.2. The van der Waals surface area contributed by atoms with Crippen LogP contribution in [0.25, 0.3) is 10.2 Å². The number of morpholine rings is 1. The topological polar surface area (TPSA) is 45.7 Å². The Kier molecular flexibility index (Phi) is 6.68. The Balaban J connectivity index is 1.59. The lowest BCUT2D eigenvalue weighted by Crippen LogP contribution is -2.39. The van der Waals surface area contributed by atoms with Gasteiger partial charge in [-0.15, -0.1) is 0 Å². The molecule has 1 fully saturated rings. The number of aromatic nitrogens is 1. The number of carbonyl (C=O) groups excluding carboxylic acids is 1. The number of anilines is 1. The Morgan fingerprint density at radius 2 is 2.00 bits per heavy atom. The van der Waals surface area contributed by atoms with Crippen molar-refractivity contribution < 1.29 is 9.53 Å². The van der Waals surface area contributed by atoms with Gasteiger partial charge in [0.25, 0.3) is 5.91 Å². The number of halogens is 1. The molecule has 0 atom stereocenters. The van der Waals surface area contributed by atoms with E-state index < -0.39 is 0 Å². The van der Waals surface area contributed by atoms with Crippen LogP contribution in [0.3, 0.4) is 0 Å². The minimum Gasteiger partial charge on any atom is -0.379 e. The molecule has 1 aromatic heterocycles. The van der Waals surface area contributed by atoms with Crippen molar-refractivity contribution in [2.75, 3.05) is 44.3 Å². The predicted octanol–water partition coefficient (Wildman–Crippen LogP) is 4.94. The smallest absolute Gasteiger partial charge is 0.260 e. The zero-order valence-corrected chi connectivity index (χ0v) is 18.9. The first-order valence-electron chi connectivity index (χ1n) is 10.3. The quantitative estimate of drug-likeness (QED) is 0.541. The molecule has 2 aromatic carbocycles. The largest absolute Gasteiger partial charge is 0.379 e. The summed E-state index contributed by atoms with van der Waals surface area (Å²) in [6, 6.07) is 11.6. The summed E-state index contributed by atoms with van der Waals surface area (Å²) >= 11 is 7.85. The lowest BCUT2D eigenvalue weighted by atomic mass is 10.1. The molecule has 5 nitrogen and oxygen atoms in total. The standard InChI is InChI=1S/C23H26ClN3O2S/c1-16-7-8-18(15-17(16)2)22(28)27(10-4-9-26-11-13-29-14-12-26)23-25-21-19(24)5-3-6-20(21)30-23/h3,5-8,15H,4,9-14H2,1-2H3. The summed E-state index contributed by atoms with van der Waals surface area (Å²) in [5, 5.41) is 1.31. The highest BCUT2D eigenvalue weighted by Gasteiger charge is 2.22. The van der Waals surface area contributed by atoms with Gasteiger partial charge in [-0.05, 0) is 55.7 Å². The van der Waals surface area contributed by atoms with E-state index in [0.29, 0.717) is 22.3 Å². The minimum absolute atomic E-state index is 0.0183. The summed E-state index contributed by atoms with van der Waals surface area (Å²) in [6.45, 7) is 9.09. The second kappa shape index (κ2) is 9.43. The normalized spacial score (nSPS) is 14.9. The summed E-state index contributed by atoms with van der Waals surface area (Å²) in [6.07, 6.45) is 0.875. The van der Waals surface area contributed by atoms with Crippen molar-refractivity contribution in [1.29, 1.82) is 0 Å². The number of nitrogens with zero attached hydrogens (tertiary/aromatic N) is 3. The van der Waals surface area contributed by atoms with Crippen LogP contribution in [0, 0.1) is 13.8 Å². The van der Waals surface area contributed by atoms with E-state index in [1.165, 1.54) is 16.9 Å². The highest BCUT2D eigenvalue weighted by Crippen LogP contribution is 2.33. The van der Waals surface area contributed by atoms with Crippen LogP contribution in [-0.4, -0.2) is 55.2 Å². The number of thiazole rings is 1. The van der Waals surface area contributed by atoms with E-state index in [1.54, 1.807) is 0 Å². The highest BCUT2D eigenvalue weighted by molar-refractivity contribution is 7.22. The molecule has 0 bridgehead atoms. The maximum atomic E-state index is 13.5. The molecule has 4 rings (SSSR count). The van der Waals surface area contributed by atoms with Crippen LogP contribution in [0.4, 0.5) is 5.13 Å². The van der Waals surface area contributed by atoms with Crippen molar-refractivity contribution >= 4 is 44.2 Å². The minimum atomic E-state index is -0.0183. The second-order valence-corrected chi connectivity index (χ2v) is 9.06. The molecular weight excluding hydrogens is 418 g/mol. The van der Waals surface area contributed by atoms with Gasteiger partial charge in [0.15, 0.2) is 5.13 Å². The van der Waals surface area contributed by atoms with Gasteiger partial charge in [0.1, 0.15) is 5.52 Å². The molecule has 3 aromatic rings. The van der Waals surface area contributed by atoms with E-state index in [-0.39, 0.29) is 5.91 Å². The molecule has 1 saturated heterocycles. The number of benzene rings is 2. The number of amides is 1. The van der Waals surface area contributed by atoms with Crippen molar-refractivity contribution in [3.63, 3.8) is 0 Å². The molecule has 1 aliphatic rings. The average molecular weight is 444 g/mol. The molecule has 0 N–H and O–H groups in total. The lowest BCUT2D eigenvalue weighted by molar-refractivity contribution is 0.0376. The molecule has 0 saturated carbocycles. The van der Waals surface area contributed by atoms with Gasteiger partial charge in [-0.25, -0.2) is 4.98 Å². The number of hydrogen-bond donors (Lipinski definition) is 0. The summed E-state index contributed by atoms with van der Waals surface area (Å²) in [5.74, 6) is -0.0183. The number of hydrogen-bond acceptors (Lipinski definition) is 5. The number of para-hydroxylation sites is 1. The van der Waals surface area contributed by atoms with Gasteiger partial charge < -0.3 is 4.74 Å². The Morgan fingerprint density at radius 3 is 2.73 bits per heavy atom. The maximum absolute atomic E-state index is 13.5.